The van der Waals surface area contributed by atoms with Crippen LogP contribution in [0.3, 0.4) is 0 Å². The molecule has 0 bridgehead atoms. The molecule has 0 aliphatic heterocycles. The third-order valence-corrected chi connectivity index (χ3v) is 6.01. The van der Waals surface area contributed by atoms with E-state index in [1.54, 1.807) is 18.2 Å². The van der Waals surface area contributed by atoms with Crippen LogP contribution in [0.2, 0.25) is 0 Å². The van der Waals surface area contributed by atoms with Crippen molar-refractivity contribution in [2.45, 2.75) is 9.79 Å². The van der Waals surface area contributed by atoms with Crippen molar-refractivity contribution in [2.75, 3.05) is 14.1 Å². The van der Waals surface area contributed by atoms with Crippen LogP contribution in [0.1, 0.15) is 0 Å². The fourth-order valence-corrected chi connectivity index (χ4v) is 3.58. The van der Waals surface area contributed by atoms with Crippen molar-refractivity contribution < 1.29 is 17.2 Å². The van der Waals surface area contributed by atoms with E-state index in [0.717, 1.165) is 4.31 Å². The molecule has 0 radical (unpaired) electrons. The number of halogens is 4. The van der Waals surface area contributed by atoms with Crippen LogP contribution in [0.15, 0.2) is 55.1 Å². The molecular formula is C14H13Br2F2NO2S2. The Bertz CT molecular complexity index is 779. The Balaban J connectivity index is 0.000000253. The Morgan fingerprint density at radius 3 is 1.87 bits per heavy atom. The summed E-state index contributed by atoms with van der Waals surface area (Å²) in [5, 5.41) is 0. The Kier molecular flexibility index (Phi) is 7.66. The molecule has 2 rings (SSSR count). The first kappa shape index (κ1) is 20.6. The fraction of sp³-hybridized carbons (Fsp3) is 0.143. The fourth-order valence-electron chi connectivity index (χ4n) is 1.37. The number of nitrogens with zero attached hydrogens (tertiary/aromatic N) is 1. The van der Waals surface area contributed by atoms with Gasteiger partial charge in [0, 0.05) is 19.0 Å². The third kappa shape index (κ3) is 5.25. The second-order valence-corrected chi connectivity index (χ2v) is 8.72. The number of hydrogen-bond acceptors (Lipinski definition) is 3. The molecule has 0 aromatic heterocycles. The van der Waals surface area contributed by atoms with Crippen molar-refractivity contribution in [2.24, 2.45) is 0 Å². The lowest BCUT2D eigenvalue weighted by Gasteiger charge is -2.12. The summed E-state index contributed by atoms with van der Waals surface area (Å²) in [6.45, 7) is 0. The predicted octanol–water partition coefficient (Wildman–Crippen LogP) is 4.72. The van der Waals surface area contributed by atoms with E-state index in [0.29, 0.717) is 9.37 Å². The van der Waals surface area contributed by atoms with Crippen LogP contribution >= 0.6 is 44.5 Å². The number of hydrogen-bond donors (Lipinski definition) is 1. The molecule has 0 saturated carbocycles. The monoisotopic (exact) mass is 487 g/mol. The van der Waals surface area contributed by atoms with Gasteiger partial charge in [-0.2, -0.15) is 0 Å². The average molecular weight is 489 g/mol. The van der Waals surface area contributed by atoms with Gasteiger partial charge in [-0.05, 0) is 56.1 Å². The molecule has 0 fully saturated rings. The van der Waals surface area contributed by atoms with Crippen molar-refractivity contribution in [3.63, 3.8) is 0 Å². The van der Waals surface area contributed by atoms with Gasteiger partial charge in [0.15, 0.2) is 11.6 Å². The molecule has 0 amide bonds. The summed E-state index contributed by atoms with van der Waals surface area (Å²) < 4.78 is 50.7. The maximum Gasteiger partial charge on any atom is 0.245 e. The highest BCUT2D eigenvalue weighted by atomic mass is 79.9. The molecule has 126 valence electrons. The molecule has 9 heteroatoms. The number of sulfonamides is 1. The molecule has 23 heavy (non-hydrogen) atoms. The second kappa shape index (κ2) is 8.57. The van der Waals surface area contributed by atoms with Crippen molar-refractivity contribution in [1.29, 1.82) is 0 Å². The van der Waals surface area contributed by atoms with E-state index >= 15 is 0 Å². The summed E-state index contributed by atoms with van der Waals surface area (Å²) in [5.41, 5.74) is 0. The SMILES string of the molecule is CN(C)S(=O)(=O)c1cccc(Br)c1F.Fc1c(S)cccc1Br. The minimum Gasteiger partial charge on any atom is -0.207 e. The lowest BCUT2D eigenvalue weighted by atomic mass is 10.3. The van der Waals surface area contributed by atoms with Gasteiger partial charge in [-0.1, -0.05) is 12.1 Å². The van der Waals surface area contributed by atoms with Gasteiger partial charge in [-0.25, -0.2) is 21.5 Å². The molecule has 3 nitrogen and oxygen atoms in total. The maximum absolute atomic E-state index is 13.4. The van der Waals surface area contributed by atoms with Crippen LogP contribution in [-0.2, 0) is 10.0 Å². The summed E-state index contributed by atoms with van der Waals surface area (Å²) in [4.78, 5) is 0.0428. The van der Waals surface area contributed by atoms with Crippen molar-refractivity contribution >= 4 is 54.5 Å². The molecule has 0 heterocycles. The van der Waals surface area contributed by atoms with Gasteiger partial charge in [0.05, 0.1) is 8.95 Å². The molecule has 2 aromatic carbocycles. The molecule has 0 N–H and O–H groups in total. The molecule has 0 aliphatic rings. The second-order valence-electron chi connectivity index (χ2n) is 4.41. The van der Waals surface area contributed by atoms with Crippen LogP contribution < -0.4 is 0 Å². The zero-order chi connectivity index (χ0) is 17.8. The van der Waals surface area contributed by atoms with E-state index in [9.17, 15) is 17.2 Å². The zero-order valence-corrected chi connectivity index (χ0v) is 17.0. The molecule has 0 spiro atoms. The lowest BCUT2D eigenvalue weighted by Crippen LogP contribution is -2.23. The number of thiol groups is 1. The summed E-state index contributed by atoms with van der Waals surface area (Å²) >= 11 is 9.81. The van der Waals surface area contributed by atoms with E-state index in [1.807, 2.05) is 0 Å². The molecule has 0 atom stereocenters. The zero-order valence-electron chi connectivity index (χ0n) is 12.1. The summed E-state index contributed by atoms with van der Waals surface area (Å²) in [7, 11) is -0.988. The van der Waals surface area contributed by atoms with Crippen LogP contribution in [0.4, 0.5) is 8.78 Å². The first-order chi connectivity index (χ1) is 10.6. The summed E-state index contributed by atoms with van der Waals surface area (Å²) in [6.07, 6.45) is 0. The van der Waals surface area contributed by atoms with Gasteiger partial charge in [-0.15, -0.1) is 12.6 Å². The van der Waals surface area contributed by atoms with E-state index < -0.39 is 15.8 Å². The minimum atomic E-state index is -3.70. The van der Waals surface area contributed by atoms with Crippen LogP contribution in [0, 0.1) is 11.6 Å². The van der Waals surface area contributed by atoms with Crippen LogP contribution in [0.25, 0.3) is 0 Å². The Morgan fingerprint density at radius 2 is 1.43 bits per heavy atom. The van der Waals surface area contributed by atoms with Crippen molar-refractivity contribution in [1.82, 2.24) is 4.31 Å². The van der Waals surface area contributed by atoms with Crippen molar-refractivity contribution in [3.8, 4) is 0 Å². The van der Waals surface area contributed by atoms with Gasteiger partial charge >= 0.3 is 0 Å². The maximum atomic E-state index is 13.4. The van der Waals surface area contributed by atoms with Gasteiger partial charge < -0.3 is 0 Å². The topological polar surface area (TPSA) is 37.4 Å². The first-order valence-corrected chi connectivity index (χ1v) is 9.56. The van der Waals surface area contributed by atoms with Gasteiger partial charge in [0.1, 0.15) is 4.90 Å². The largest absolute Gasteiger partial charge is 0.245 e. The average Bonchev–Trinajstić information content (AvgIpc) is 2.48. The third-order valence-electron chi connectivity index (χ3n) is 2.61. The van der Waals surface area contributed by atoms with E-state index in [4.69, 9.17) is 0 Å². The number of benzene rings is 2. The minimum absolute atomic E-state index is 0.139. The van der Waals surface area contributed by atoms with E-state index in [2.05, 4.69) is 44.5 Å². The van der Waals surface area contributed by atoms with Gasteiger partial charge in [-0.3, -0.25) is 0 Å². The van der Waals surface area contributed by atoms with Gasteiger partial charge in [0.2, 0.25) is 10.0 Å². The highest BCUT2D eigenvalue weighted by Gasteiger charge is 2.22. The molecule has 2 aromatic rings. The normalized spacial score (nSPS) is 11.1. The first-order valence-electron chi connectivity index (χ1n) is 6.08. The molecule has 0 unspecified atom stereocenters. The van der Waals surface area contributed by atoms with Crippen LogP contribution in [-0.4, -0.2) is 26.8 Å². The summed E-state index contributed by atoms with van der Waals surface area (Å²) in [5.74, 6) is -1.07. The Hall–Kier alpha value is -0.480. The highest BCUT2D eigenvalue weighted by Crippen LogP contribution is 2.23. The Labute approximate surface area is 156 Å². The van der Waals surface area contributed by atoms with Crippen LogP contribution in [0.5, 0.6) is 0 Å². The molecule has 0 aliphatic carbocycles. The molecular weight excluding hydrogens is 476 g/mol. The van der Waals surface area contributed by atoms with Gasteiger partial charge in [0.25, 0.3) is 0 Å². The van der Waals surface area contributed by atoms with E-state index in [-0.39, 0.29) is 15.2 Å². The predicted molar refractivity (Wildman–Crippen MR) is 96.3 cm³/mol. The summed E-state index contributed by atoms with van der Waals surface area (Å²) in [6, 6.07) is 9.12. The lowest BCUT2D eigenvalue weighted by molar-refractivity contribution is 0.507. The smallest absolute Gasteiger partial charge is 0.207 e. The van der Waals surface area contributed by atoms with E-state index in [1.165, 1.54) is 32.3 Å². The number of rotatable bonds is 2. The standard InChI is InChI=1S/C8H9BrFNO2S.C6H4BrFS/c1-11(2)14(12,13)7-5-3-4-6(9)8(7)10;7-4-2-1-3-5(9)6(4)8/h3-5H,1-2H3;1-3,9H. The Morgan fingerprint density at radius 1 is 0.957 bits per heavy atom. The quantitative estimate of drug-likeness (QED) is 0.621. The van der Waals surface area contributed by atoms with Crippen molar-refractivity contribution in [3.05, 3.63) is 57.0 Å². The molecule has 0 saturated heterocycles. The highest BCUT2D eigenvalue weighted by molar-refractivity contribution is 9.10.